The summed E-state index contributed by atoms with van der Waals surface area (Å²) < 4.78 is 0. The van der Waals surface area contributed by atoms with Gasteiger partial charge in [0, 0.05) is 34.3 Å². The summed E-state index contributed by atoms with van der Waals surface area (Å²) in [5, 5.41) is 6.14. The maximum absolute atomic E-state index is 12.7. The van der Waals surface area contributed by atoms with Crippen molar-refractivity contribution >= 4 is 23.2 Å². The number of rotatable bonds is 4. The lowest BCUT2D eigenvalue weighted by atomic mass is 9.93. The van der Waals surface area contributed by atoms with E-state index in [-0.39, 0.29) is 23.7 Å². The molecule has 2 bridgehead atoms. The third-order valence-corrected chi connectivity index (χ3v) is 5.68. The van der Waals surface area contributed by atoms with Crippen molar-refractivity contribution in [1.29, 1.82) is 0 Å². The first-order chi connectivity index (χ1) is 14.2. The molecule has 0 saturated carbocycles. The van der Waals surface area contributed by atoms with Crippen LogP contribution in [0.25, 0.3) is 0 Å². The Bertz CT molecular complexity index is 1030. The summed E-state index contributed by atoms with van der Waals surface area (Å²) in [6, 6.07) is 22.2. The van der Waals surface area contributed by atoms with Crippen molar-refractivity contribution in [1.82, 2.24) is 0 Å². The molecule has 4 nitrogen and oxygen atoms in total. The van der Waals surface area contributed by atoms with E-state index >= 15 is 0 Å². The van der Waals surface area contributed by atoms with Gasteiger partial charge in [0.05, 0.1) is 0 Å². The number of hydrogen-bond donors (Lipinski definition) is 2. The van der Waals surface area contributed by atoms with Crippen molar-refractivity contribution in [3.63, 3.8) is 0 Å². The molecule has 2 aliphatic carbocycles. The van der Waals surface area contributed by atoms with Crippen molar-refractivity contribution in [2.45, 2.75) is 18.3 Å². The van der Waals surface area contributed by atoms with Crippen LogP contribution in [0.5, 0.6) is 0 Å². The van der Waals surface area contributed by atoms with Crippen LogP contribution in [0.15, 0.2) is 84.9 Å². The van der Waals surface area contributed by atoms with E-state index in [0.29, 0.717) is 11.1 Å². The molecule has 4 heteroatoms. The zero-order chi connectivity index (χ0) is 19.8. The largest absolute Gasteiger partial charge is 0.322 e. The lowest BCUT2D eigenvalue weighted by molar-refractivity contribution is 0.101. The normalized spacial score (nSPS) is 18.3. The zero-order valence-electron chi connectivity index (χ0n) is 15.8. The van der Waals surface area contributed by atoms with Gasteiger partial charge in [-0.2, -0.15) is 0 Å². The first-order valence-corrected chi connectivity index (χ1v) is 9.78. The first-order valence-electron chi connectivity index (χ1n) is 9.78. The average Bonchev–Trinajstić information content (AvgIpc) is 3.39. The molecule has 0 aliphatic heterocycles. The molecular weight excluding hydrogens is 360 g/mol. The van der Waals surface area contributed by atoms with E-state index in [2.05, 4.69) is 22.8 Å². The smallest absolute Gasteiger partial charge is 0.255 e. The predicted octanol–water partition coefficient (Wildman–Crippen LogP) is 5.33. The fraction of sp³-hybridized carbons (Fsp3) is 0.120. The Labute approximate surface area is 169 Å². The highest BCUT2D eigenvalue weighted by molar-refractivity contribution is 6.07. The van der Waals surface area contributed by atoms with Crippen LogP contribution >= 0.6 is 0 Å². The molecule has 2 amide bonds. The van der Waals surface area contributed by atoms with Crippen molar-refractivity contribution in [2.75, 3.05) is 10.6 Å². The number of carbonyl (C=O) groups is 2. The van der Waals surface area contributed by atoms with Gasteiger partial charge in [0.15, 0.2) is 0 Å². The van der Waals surface area contributed by atoms with Gasteiger partial charge in [-0.15, -0.1) is 0 Å². The maximum Gasteiger partial charge on any atom is 0.255 e. The molecule has 2 N–H and O–H groups in total. The Morgan fingerprint density at radius 2 is 1.03 bits per heavy atom. The molecule has 0 fully saturated rings. The van der Waals surface area contributed by atoms with Crippen LogP contribution in [0.4, 0.5) is 11.4 Å². The Balaban J connectivity index is 1.47. The Morgan fingerprint density at radius 3 is 1.45 bits per heavy atom. The highest BCUT2D eigenvalue weighted by Crippen LogP contribution is 2.53. The van der Waals surface area contributed by atoms with Crippen molar-refractivity contribution < 1.29 is 9.59 Å². The molecule has 0 aromatic heterocycles. The number of carbonyl (C=O) groups excluding carboxylic acids is 2. The summed E-state index contributed by atoms with van der Waals surface area (Å²) in [7, 11) is 0. The van der Waals surface area contributed by atoms with Crippen molar-refractivity contribution in [3.05, 3.63) is 107 Å². The van der Waals surface area contributed by atoms with E-state index in [4.69, 9.17) is 0 Å². The fourth-order valence-electron chi connectivity index (χ4n) is 4.35. The number of allylic oxidation sites excluding steroid dienone is 2. The molecule has 0 heterocycles. The standard InChI is InChI=1S/C25H20N2O2/c28-24(16-7-3-1-4-8-16)26-20-13-14-21(23-19-12-11-18(15-19)22(20)23)27-25(29)17-9-5-2-6-10-17/h1-14,18-19H,15H2,(H,26,28)(H,27,29). The summed E-state index contributed by atoms with van der Waals surface area (Å²) in [4.78, 5) is 25.3. The molecule has 29 heavy (non-hydrogen) atoms. The second-order valence-electron chi connectivity index (χ2n) is 7.46. The van der Waals surface area contributed by atoms with Gasteiger partial charge in [-0.25, -0.2) is 0 Å². The van der Waals surface area contributed by atoms with Gasteiger partial charge in [0.2, 0.25) is 0 Å². The van der Waals surface area contributed by atoms with E-state index < -0.39 is 0 Å². The molecule has 3 aromatic rings. The molecule has 142 valence electrons. The van der Waals surface area contributed by atoms with Gasteiger partial charge in [-0.1, -0.05) is 48.6 Å². The van der Waals surface area contributed by atoms with Gasteiger partial charge < -0.3 is 10.6 Å². The highest BCUT2D eigenvalue weighted by Gasteiger charge is 2.37. The van der Waals surface area contributed by atoms with Crippen LogP contribution < -0.4 is 10.6 Å². The number of amides is 2. The van der Waals surface area contributed by atoms with Gasteiger partial charge >= 0.3 is 0 Å². The minimum atomic E-state index is -0.124. The number of hydrogen-bond acceptors (Lipinski definition) is 2. The predicted molar refractivity (Wildman–Crippen MR) is 114 cm³/mol. The zero-order valence-corrected chi connectivity index (χ0v) is 15.8. The number of benzene rings is 3. The second-order valence-corrected chi connectivity index (χ2v) is 7.46. The molecule has 0 saturated heterocycles. The van der Waals surface area contributed by atoms with Crippen molar-refractivity contribution in [3.8, 4) is 0 Å². The summed E-state index contributed by atoms with van der Waals surface area (Å²) in [5.41, 5.74) is 5.13. The van der Waals surface area contributed by atoms with Crippen LogP contribution in [0.1, 0.15) is 50.1 Å². The molecule has 3 aromatic carbocycles. The van der Waals surface area contributed by atoms with Crippen LogP contribution in [0.2, 0.25) is 0 Å². The molecule has 2 atom stereocenters. The van der Waals surface area contributed by atoms with Crippen LogP contribution in [0.3, 0.4) is 0 Å². The Morgan fingerprint density at radius 1 is 0.621 bits per heavy atom. The van der Waals surface area contributed by atoms with E-state index in [1.54, 1.807) is 24.3 Å². The van der Waals surface area contributed by atoms with Crippen LogP contribution in [-0.2, 0) is 0 Å². The van der Waals surface area contributed by atoms with Gasteiger partial charge in [0.1, 0.15) is 0 Å². The third-order valence-electron chi connectivity index (χ3n) is 5.68. The van der Waals surface area contributed by atoms with Crippen LogP contribution in [0, 0.1) is 0 Å². The lowest BCUT2D eigenvalue weighted by Gasteiger charge is -2.20. The SMILES string of the molecule is O=C(Nc1ccc(NC(=O)c2ccccc2)c2c1C1C=CC2C1)c1ccccc1. The minimum absolute atomic E-state index is 0.124. The molecule has 2 aliphatic rings. The van der Waals surface area contributed by atoms with E-state index in [9.17, 15) is 9.59 Å². The third kappa shape index (κ3) is 3.13. The summed E-state index contributed by atoms with van der Waals surface area (Å²) >= 11 is 0. The molecular formula is C25H20N2O2. The molecule has 5 rings (SSSR count). The fourth-order valence-corrected chi connectivity index (χ4v) is 4.35. The minimum Gasteiger partial charge on any atom is -0.322 e. The lowest BCUT2D eigenvalue weighted by Crippen LogP contribution is -2.17. The summed E-state index contributed by atoms with van der Waals surface area (Å²) in [6.45, 7) is 0. The van der Waals surface area contributed by atoms with Gasteiger partial charge in [-0.05, 0) is 53.9 Å². The van der Waals surface area contributed by atoms with Crippen molar-refractivity contribution in [2.24, 2.45) is 0 Å². The monoisotopic (exact) mass is 380 g/mol. The van der Waals surface area contributed by atoms with E-state index in [1.807, 2.05) is 48.5 Å². The van der Waals surface area contributed by atoms with E-state index in [0.717, 1.165) is 28.9 Å². The van der Waals surface area contributed by atoms with Gasteiger partial charge in [0.25, 0.3) is 11.8 Å². The maximum atomic E-state index is 12.7. The molecule has 2 unspecified atom stereocenters. The Hall–Kier alpha value is -3.66. The topological polar surface area (TPSA) is 58.2 Å². The Kier molecular flexibility index (Phi) is 4.24. The number of nitrogens with one attached hydrogen (secondary N) is 2. The summed E-state index contributed by atoms with van der Waals surface area (Å²) in [5.74, 6) is 0.297. The number of anilines is 2. The quantitative estimate of drug-likeness (QED) is 0.601. The van der Waals surface area contributed by atoms with Gasteiger partial charge in [-0.3, -0.25) is 9.59 Å². The van der Waals surface area contributed by atoms with E-state index in [1.165, 1.54) is 0 Å². The summed E-state index contributed by atoms with van der Waals surface area (Å²) in [6.07, 6.45) is 5.39. The second kappa shape index (κ2) is 7.06. The molecule has 0 spiro atoms. The van der Waals surface area contributed by atoms with Crippen LogP contribution in [-0.4, -0.2) is 11.8 Å². The highest BCUT2D eigenvalue weighted by atomic mass is 16.2. The first kappa shape index (κ1) is 17.4. The number of fused-ring (bicyclic) bond motifs is 5. The molecule has 0 radical (unpaired) electrons. The average molecular weight is 380 g/mol.